The zero-order chi connectivity index (χ0) is 12.9. The van der Waals surface area contributed by atoms with Crippen LogP contribution in [0.1, 0.15) is 6.92 Å². The van der Waals surface area contributed by atoms with E-state index in [1.165, 1.54) is 6.20 Å². The number of anilines is 2. The molecule has 0 aliphatic rings. The van der Waals surface area contributed by atoms with Crippen molar-refractivity contribution in [3.63, 3.8) is 0 Å². The van der Waals surface area contributed by atoms with Crippen molar-refractivity contribution < 1.29 is 8.42 Å². The smallest absolute Gasteiger partial charge is 0.213 e. The first kappa shape index (κ1) is 14.2. The van der Waals surface area contributed by atoms with Crippen LogP contribution >= 0.6 is 15.9 Å². The van der Waals surface area contributed by atoms with Crippen molar-refractivity contribution in [3.05, 3.63) is 16.7 Å². The predicted octanol–water partition coefficient (Wildman–Crippen LogP) is 0.777. The fraction of sp³-hybridized carbons (Fsp3) is 0.444. The molecule has 6 nitrogen and oxygen atoms in total. The Morgan fingerprint density at radius 2 is 2.24 bits per heavy atom. The lowest BCUT2D eigenvalue weighted by Gasteiger charge is -2.08. The van der Waals surface area contributed by atoms with E-state index in [2.05, 4.69) is 31.0 Å². The van der Waals surface area contributed by atoms with Crippen molar-refractivity contribution in [1.29, 1.82) is 0 Å². The Morgan fingerprint density at radius 1 is 1.53 bits per heavy atom. The summed E-state index contributed by atoms with van der Waals surface area (Å²) in [6.45, 7) is 2.42. The first-order valence-electron chi connectivity index (χ1n) is 5.07. The lowest BCUT2D eigenvalue weighted by Crippen LogP contribution is -2.29. The van der Waals surface area contributed by atoms with Crippen LogP contribution in [0.3, 0.4) is 0 Å². The summed E-state index contributed by atoms with van der Waals surface area (Å²) in [4.78, 5) is 4.05. The molecule has 96 valence electrons. The van der Waals surface area contributed by atoms with Gasteiger partial charge in [0.25, 0.3) is 0 Å². The summed E-state index contributed by atoms with van der Waals surface area (Å²) in [5.41, 5.74) is 6.08. The van der Waals surface area contributed by atoms with Crippen LogP contribution in [0.15, 0.2) is 16.7 Å². The van der Waals surface area contributed by atoms with Gasteiger partial charge in [0, 0.05) is 13.1 Å². The maximum absolute atomic E-state index is 11.4. The van der Waals surface area contributed by atoms with Crippen molar-refractivity contribution in [3.8, 4) is 0 Å². The minimum Gasteiger partial charge on any atom is -0.397 e. The Balaban J connectivity index is 2.51. The number of aromatic nitrogens is 1. The van der Waals surface area contributed by atoms with Gasteiger partial charge in [-0.3, -0.25) is 0 Å². The number of sulfonamides is 1. The molecule has 0 radical (unpaired) electrons. The van der Waals surface area contributed by atoms with Gasteiger partial charge in [-0.1, -0.05) is 6.92 Å². The summed E-state index contributed by atoms with van der Waals surface area (Å²) >= 11 is 3.29. The number of nitrogens with one attached hydrogen (secondary N) is 2. The maximum Gasteiger partial charge on any atom is 0.213 e. The second kappa shape index (κ2) is 6.18. The van der Waals surface area contributed by atoms with Gasteiger partial charge in [-0.15, -0.1) is 0 Å². The van der Waals surface area contributed by atoms with Crippen molar-refractivity contribution in [2.45, 2.75) is 6.92 Å². The largest absolute Gasteiger partial charge is 0.397 e. The van der Waals surface area contributed by atoms with Gasteiger partial charge in [0.2, 0.25) is 10.0 Å². The average Bonchev–Trinajstić information content (AvgIpc) is 2.21. The van der Waals surface area contributed by atoms with Gasteiger partial charge in [-0.2, -0.15) is 0 Å². The lowest BCUT2D eigenvalue weighted by molar-refractivity contribution is 0.584. The van der Waals surface area contributed by atoms with Crippen LogP contribution in [0, 0.1) is 0 Å². The minimum atomic E-state index is -3.20. The monoisotopic (exact) mass is 322 g/mol. The predicted molar refractivity (Wildman–Crippen MR) is 72.3 cm³/mol. The highest BCUT2D eigenvalue weighted by molar-refractivity contribution is 9.10. The Labute approximate surface area is 109 Å². The van der Waals surface area contributed by atoms with E-state index in [0.717, 1.165) is 0 Å². The van der Waals surface area contributed by atoms with Gasteiger partial charge in [-0.25, -0.2) is 18.1 Å². The molecule has 4 N–H and O–H groups in total. The number of rotatable bonds is 6. The molecule has 17 heavy (non-hydrogen) atoms. The number of hydrogen-bond donors (Lipinski definition) is 3. The van der Waals surface area contributed by atoms with Gasteiger partial charge in [-0.05, 0) is 22.0 Å². The minimum absolute atomic E-state index is 0.000658. The Morgan fingerprint density at radius 3 is 2.82 bits per heavy atom. The third-order valence-corrected chi connectivity index (χ3v) is 3.96. The SMILES string of the molecule is CCNS(=O)(=O)CCNc1ncc(N)cc1Br. The van der Waals surface area contributed by atoms with E-state index in [1.807, 2.05) is 0 Å². The van der Waals surface area contributed by atoms with E-state index in [-0.39, 0.29) is 12.3 Å². The van der Waals surface area contributed by atoms with E-state index < -0.39 is 10.0 Å². The van der Waals surface area contributed by atoms with Crippen LogP contribution in [-0.4, -0.2) is 32.2 Å². The molecule has 0 atom stereocenters. The summed E-state index contributed by atoms with van der Waals surface area (Å²) in [5, 5.41) is 2.92. The molecule has 1 heterocycles. The van der Waals surface area contributed by atoms with Crippen LogP contribution in [0.2, 0.25) is 0 Å². The highest BCUT2D eigenvalue weighted by atomic mass is 79.9. The van der Waals surface area contributed by atoms with E-state index in [0.29, 0.717) is 22.5 Å². The molecule has 0 aromatic carbocycles. The Hall–Kier alpha value is -0.860. The molecule has 1 rings (SSSR count). The van der Waals surface area contributed by atoms with E-state index in [9.17, 15) is 8.42 Å². The number of halogens is 1. The summed E-state index contributed by atoms with van der Waals surface area (Å²) in [6.07, 6.45) is 1.51. The topological polar surface area (TPSA) is 97.1 Å². The molecular weight excluding hydrogens is 308 g/mol. The molecule has 0 spiro atoms. The highest BCUT2D eigenvalue weighted by Crippen LogP contribution is 2.21. The lowest BCUT2D eigenvalue weighted by atomic mass is 10.4. The average molecular weight is 323 g/mol. The summed E-state index contributed by atoms with van der Waals surface area (Å²) in [7, 11) is -3.20. The van der Waals surface area contributed by atoms with Gasteiger partial charge < -0.3 is 11.1 Å². The first-order chi connectivity index (χ1) is 7.94. The Bertz CT molecular complexity index is 478. The zero-order valence-corrected chi connectivity index (χ0v) is 11.8. The number of pyridine rings is 1. The quantitative estimate of drug-likeness (QED) is 0.719. The van der Waals surface area contributed by atoms with Crippen LogP contribution in [-0.2, 0) is 10.0 Å². The fourth-order valence-electron chi connectivity index (χ4n) is 1.18. The van der Waals surface area contributed by atoms with Crippen LogP contribution in [0.5, 0.6) is 0 Å². The van der Waals surface area contributed by atoms with E-state index in [1.54, 1.807) is 13.0 Å². The summed E-state index contributed by atoms with van der Waals surface area (Å²) in [5.74, 6) is 0.574. The molecule has 1 aromatic rings. The molecule has 0 bridgehead atoms. The third kappa shape index (κ3) is 4.88. The molecule has 0 aliphatic carbocycles. The molecule has 1 aromatic heterocycles. The van der Waals surface area contributed by atoms with E-state index in [4.69, 9.17) is 5.73 Å². The van der Waals surface area contributed by atoms with Crippen LogP contribution < -0.4 is 15.8 Å². The number of nitrogens with zero attached hydrogens (tertiary/aromatic N) is 1. The van der Waals surface area contributed by atoms with Gasteiger partial charge in [0.1, 0.15) is 5.82 Å². The molecule has 0 saturated heterocycles. The first-order valence-corrected chi connectivity index (χ1v) is 7.51. The van der Waals surface area contributed by atoms with Crippen LogP contribution in [0.25, 0.3) is 0 Å². The van der Waals surface area contributed by atoms with Crippen molar-refractivity contribution in [1.82, 2.24) is 9.71 Å². The summed E-state index contributed by atoms with van der Waals surface area (Å²) in [6, 6.07) is 1.70. The molecule has 0 aliphatic heterocycles. The maximum atomic E-state index is 11.4. The third-order valence-electron chi connectivity index (χ3n) is 1.89. The van der Waals surface area contributed by atoms with Crippen molar-refractivity contribution >= 4 is 37.5 Å². The highest BCUT2D eigenvalue weighted by Gasteiger charge is 2.08. The standard InChI is InChI=1S/C9H15BrN4O2S/c1-2-14-17(15,16)4-3-12-9-8(10)5-7(11)6-13-9/h5-6,14H,2-4,11H2,1H3,(H,12,13). The second-order valence-electron chi connectivity index (χ2n) is 3.34. The van der Waals surface area contributed by atoms with Crippen LogP contribution in [0.4, 0.5) is 11.5 Å². The van der Waals surface area contributed by atoms with Crippen molar-refractivity contribution in [2.75, 3.05) is 29.9 Å². The Kier molecular flexibility index (Phi) is 5.16. The molecule has 0 saturated carbocycles. The molecular formula is C9H15BrN4O2S. The van der Waals surface area contributed by atoms with E-state index >= 15 is 0 Å². The van der Waals surface area contributed by atoms with Gasteiger partial charge >= 0.3 is 0 Å². The normalized spacial score (nSPS) is 11.4. The number of nitrogens with two attached hydrogens (primary N) is 1. The van der Waals surface area contributed by atoms with Gasteiger partial charge in [0.05, 0.1) is 22.1 Å². The second-order valence-corrected chi connectivity index (χ2v) is 6.12. The molecule has 0 fully saturated rings. The fourth-order valence-corrected chi connectivity index (χ4v) is 2.64. The number of hydrogen-bond acceptors (Lipinski definition) is 5. The molecule has 8 heteroatoms. The number of nitrogen functional groups attached to an aromatic ring is 1. The van der Waals surface area contributed by atoms with Crippen molar-refractivity contribution in [2.24, 2.45) is 0 Å². The summed E-state index contributed by atoms with van der Waals surface area (Å²) < 4.78 is 25.8. The zero-order valence-electron chi connectivity index (χ0n) is 9.40. The van der Waals surface area contributed by atoms with Gasteiger partial charge in [0.15, 0.2) is 0 Å². The molecule has 0 unspecified atom stereocenters. The molecule has 0 amide bonds.